The van der Waals surface area contributed by atoms with Gasteiger partial charge >= 0.3 is 5.97 Å². The summed E-state index contributed by atoms with van der Waals surface area (Å²) in [4.78, 5) is 26.2. The predicted octanol–water partition coefficient (Wildman–Crippen LogP) is 5.51. The third-order valence-electron chi connectivity index (χ3n) is 6.98. The molecule has 0 radical (unpaired) electrons. The molecule has 1 aromatic heterocycles. The number of sulfonamides is 1. The molecular weight excluding hydrogens is 508 g/mol. The van der Waals surface area contributed by atoms with E-state index in [1.807, 2.05) is 11.4 Å². The quantitative estimate of drug-likeness (QED) is 0.401. The standard InChI is InChI=1S/C28H30N2O5S2/c1-2-35-28(32)25-24(22-10-9-19-7-3-4-8-21(19)17-22)18-36-27(25)29-26(31)20-11-13-23(14-12-20)37(33,34)30-15-5-6-16-30/h9-14,17-18H,2-8,15-16H2,1H3,(H,29,31). The Hall–Kier alpha value is -3.01. The van der Waals surface area contributed by atoms with Gasteiger partial charge in [0.25, 0.3) is 5.91 Å². The van der Waals surface area contributed by atoms with Crippen molar-refractivity contribution in [1.82, 2.24) is 4.31 Å². The van der Waals surface area contributed by atoms with E-state index in [1.165, 1.54) is 57.5 Å². The SMILES string of the molecule is CCOC(=O)c1c(-c2ccc3c(c2)CCCC3)csc1NC(=O)c1ccc(S(=O)(=O)N2CCCC2)cc1. The number of fused-ring (bicyclic) bond motifs is 1. The Kier molecular flexibility index (Phi) is 7.46. The Morgan fingerprint density at radius 1 is 0.973 bits per heavy atom. The van der Waals surface area contributed by atoms with Crippen LogP contribution in [-0.2, 0) is 27.6 Å². The molecule has 1 N–H and O–H groups in total. The Balaban J connectivity index is 1.41. The van der Waals surface area contributed by atoms with Crippen LogP contribution < -0.4 is 5.32 Å². The van der Waals surface area contributed by atoms with Gasteiger partial charge in [0, 0.05) is 29.6 Å². The van der Waals surface area contributed by atoms with Crippen molar-refractivity contribution < 1.29 is 22.7 Å². The molecule has 0 saturated carbocycles. The van der Waals surface area contributed by atoms with Crippen molar-refractivity contribution >= 4 is 38.2 Å². The number of anilines is 1. The maximum absolute atomic E-state index is 13.1. The average molecular weight is 539 g/mol. The fourth-order valence-corrected chi connectivity index (χ4v) is 7.47. The van der Waals surface area contributed by atoms with E-state index in [-0.39, 0.29) is 11.5 Å². The number of hydrogen-bond donors (Lipinski definition) is 1. The molecule has 9 heteroatoms. The van der Waals surface area contributed by atoms with Gasteiger partial charge in [0.1, 0.15) is 10.6 Å². The van der Waals surface area contributed by atoms with Crippen LogP contribution in [0.4, 0.5) is 5.00 Å². The number of thiophene rings is 1. The van der Waals surface area contributed by atoms with Gasteiger partial charge in [-0.25, -0.2) is 13.2 Å². The molecule has 0 atom stereocenters. The summed E-state index contributed by atoms with van der Waals surface area (Å²) in [7, 11) is -3.56. The van der Waals surface area contributed by atoms with Crippen LogP contribution in [0.5, 0.6) is 0 Å². The van der Waals surface area contributed by atoms with Crippen molar-refractivity contribution in [2.75, 3.05) is 25.0 Å². The first-order valence-corrected chi connectivity index (χ1v) is 15.0. The fraction of sp³-hybridized carbons (Fsp3) is 0.357. The molecule has 1 aliphatic carbocycles. The van der Waals surface area contributed by atoms with Gasteiger partial charge in [0.05, 0.1) is 11.5 Å². The number of carbonyl (C=O) groups is 2. The number of nitrogens with one attached hydrogen (secondary N) is 1. The smallest absolute Gasteiger partial charge is 0.341 e. The summed E-state index contributed by atoms with van der Waals surface area (Å²) in [5.74, 6) is -0.909. The van der Waals surface area contributed by atoms with Gasteiger partial charge in [-0.3, -0.25) is 4.79 Å². The molecule has 2 aromatic carbocycles. The molecule has 0 spiro atoms. The second-order valence-electron chi connectivity index (χ2n) is 9.35. The Morgan fingerprint density at radius 2 is 1.68 bits per heavy atom. The van der Waals surface area contributed by atoms with Crippen molar-refractivity contribution in [3.8, 4) is 11.1 Å². The monoisotopic (exact) mass is 538 g/mol. The number of hydrogen-bond acceptors (Lipinski definition) is 6. The lowest BCUT2D eigenvalue weighted by molar-refractivity contribution is 0.0529. The lowest BCUT2D eigenvalue weighted by Crippen LogP contribution is -2.27. The first-order chi connectivity index (χ1) is 17.9. The molecule has 3 aromatic rings. The summed E-state index contributed by atoms with van der Waals surface area (Å²) in [5.41, 5.74) is 4.96. The van der Waals surface area contributed by atoms with E-state index in [0.717, 1.165) is 43.2 Å². The van der Waals surface area contributed by atoms with Crippen molar-refractivity contribution in [1.29, 1.82) is 0 Å². The fourth-order valence-electron chi connectivity index (χ4n) is 5.00. The minimum absolute atomic E-state index is 0.170. The first-order valence-electron chi connectivity index (χ1n) is 12.7. The van der Waals surface area contributed by atoms with Crippen molar-refractivity contribution in [3.63, 3.8) is 0 Å². The van der Waals surface area contributed by atoms with Crippen LogP contribution in [0.2, 0.25) is 0 Å². The molecule has 2 aliphatic rings. The Labute approximate surface area is 221 Å². The molecule has 1 saturated heterocycles. The van der Waals surface area contributed by atoms with Crippen molar-refractivity contribution in [2.45, 2.75) is 50.3 Å². The summed E-state index contributed by atoms with van der Waals surface area (Å²) in [5, 5.41) is 5.13. The average Bonchev–Trinajstić information content (AvgIpc) is 3.60. The van der Waals surface area contributed by atoms with Gasteiger partial charge in [-0.05, 0) is 86.4 Å². The zero-order valence-electron chi connectivity index (χ0n) is 20.8. The van der Waals surface area contributed by atoms with Crippen LogP contribution in [0.25, 0.3) is 11.1 Å². The van der Waals surface area contributed by atoms with Crippen LogP contribution in [0, 0.1) is 0 Å². The lowest BCUT2D eigenvalue weighted by atomic mass is 9.89. The number of nitrogens with zero attached hydrogens (tertiary/aromatic N) is 1. The van der Waals surface area contributed by atoms with Crippen LogP contribution in [0.1, 0.15) is 64.4 Å². The molecule has 2 heterocycles. The molecule has 0 bridgehead atoms. The minimum atomic E-state index is -3.56. The molecule has 194 valence electrons. The second-order valence-corrected chi connectivity index (χ2v) is 12.2. The third kappa shape index (κ3) is 5.21. The second kappa shape index (κ2) is 10.8. The van der Waals surface area contributed by atoms with E-state index in [9.17, 15) is 18.0 Å². The van der Waals surface area contributed by atoms with E-state index in [0.29, 0.717) is 29.2 Å². The van der Waals surface area contributed by atoms with Gasteiger partial charge in [-0.15, -0.1) is 11.3 Å². The number of carbonyl (C=O) groups excluding carboxylic acids is 2. The van der Waals surface area contributed by atoms with Gasteiger partial charge in [0.15, 0.2) is 0 Å². The summed E-state index contributed by atoms with van der Waals surface area (Å²) in [6.45, 7) is 3.01. The van der Waals surface area contributed by atoms with E-state index in [2.05, 4.69) is 17.4 Å². The summed E-state index contributed by atoms with van der Waals surface area (Å²) in [6.07, 6.45) is 6.16. The van der Waals surface area contributed by atoms with Crippen LogP contribution in [0.15, 0.2) is 52.7 Å². The Bertz CT molecular complexity index is 1420. The molecular formula is C28H30N2O5S2. The number of aryl methyl sites for hydroxylation is 2. The minimum Gasteiger partial charge on any atom is -0.462 e. The van der Waals surface area contributed by atoms with E-state index in [4.69, 9.17) is 4.74 Å². The van der Waals surface area contributed by atoms with Crippen molar-refractivity contribution in [2.24, 2.45) is 0 Å². The summed E-state index contributed by atoms with van der Waals surface area (Å²) < 4.78 is 32.4. The molecule has 7 nitrogen and oxygen atoms in total. The van der Waals surface area contributed by atoms with Gasteiger partial charge in [-0.1, -0.05) is 18.2 Å². The van der Waals surface area contributed by atoms with Crippen LogP contribution >= 0.6 is 11.3 Å². The largest absolute Gasteiger partial charge is 0.462 e. The lowest BCUT2D eigenvalue weighted by Gasteiger charge is -2.17. The summed E-state index contributed by atoms with van der Waals surface area (Å²) in [6, 6.07) is 12.2. The van der Waals surface area contributed by atoms with Gasteiger partial charge < -0.3 is 10.1 Å². The number of amides is 1. The highest BCUT2D eigenvalue weighted by Gasteiger charge is 2.28. The molecule has 37 heavy (non-hydrogen) atoms. The predicted molar refractivity (Wildman–Crippen MR) is 145 cm³/mol. The maximum atomic E-state index is 13.1. The molecule has 5 rings (SSSR count). The van der Waals surface area contributed by atoms with Crippen LogP contribution in [0.3, 0.4) is 0 Å². The number of ether oxygens (including phenoxy) is 1. The first kappa shape index (κ1) is 25.6. The zero-order valence-corrected chi connectivity index (χ0v) is 22.4. The molecule has 0 unspecified atom stereocenters. The van der Waals surface area contributed by atoms with Gasteiger partial charge in [0.2, 0.25) is 10.0 Å². The maximum Gasteiger partial charge on any atom is 0.341 e. The topological polar surface area (TPSA) is 92.8 Å². The molecule has 1 amide bonds. The highest BCUT2D eigenvalue weighted by molar-refractivity contribution is 7.89. The number of benzene rings is 2. The van der Waals surface area contributed by atoms with Crippen LogP contribution in [-0.4, -0.2) is 44.3 Å². The Morgan fingerprint density at radius 3 is 2.38 bits per heavy atom. The van der Waals surface area contributed by atoms with E-state index in [1.54, 1.807) is 6.92 Å². The molecule has 1 fully saturated rings. The normalized spacial score (nSPS) is 15.8. The zero-order chi connectivity index (χ0) is 26.0. The highest BCUT2D eigenvalue weighted by Crippen LogP contribution is 2.38. The summed E-state index contributed by atoms with van der Waals surface area (Å²) >= 11 is 1.27. The number of rotatable bonds is 7. The van der Waals surface area contributed by atoms with Crippen molar-refractivity contribution in [3.05, 3.63) is 70.1 Å². The molecule has 1 aliphatic heterocycles. The van der Waals surface area contributed by atoms with Gasteiger partial charge in [-0.2, -0.15) is 4.31 Å². The number of esters is 1. The highest BCUT2D eigenvalue weighted by atomic mass is 32.2. The van der Waals surface area contributed by atoms with E-state index >= 15 is 0 Å². The van der Waals surface area contributed by atoms with E-state index < -0.39 is 21.9 Å². The third-order valence-corrected chi connectivity index (χ3v) is 9.78.